The van der Waals surface area contributed by atoms with Crippen molar-refractivity contribution in [2.75, 3.05) is 32.8 Å². The van der Waals surface area contributed by atoms with Crippen LogP contribution in [-0.2, 0) is 14.3 Å². The average molecular weight is 619 g/mol. The number of ketones is 1. The molecule has 3 aromatic heterocycles. The van der Waals surface area contributed by atoms with E-state index in [0.29, 0.717) is 28.3 Å². The van der Waals surface area contributed by atoms with E-state index in [-0.39, 0.29) is 39.4 Å². The summed E-state index contributed by atoms with van der Waals surface area (Å²) < 4.78 is 23.5. The Morgan fingerprint density at radius 3 is 2.36 bits per heavy atom. The molecule has 228 valence electrons. The molecule has 1 aliphatic heterocycles. The molecule has 0 aliphatic carbocycles. The first kappa shape index (κ1) is 30.3. The van der Waals surface area contributed by atoms with Crippen LogP contribution in [0, 0.1) is 20.8 Å². The Hall–Kier alpha value is -5.17. The molecule has 1 N–H and O–H groups in total. The van der Waals surface area contributed by atoms with Crippen LogP contribution in [-0.4, -0.2) is 65.1 Å². The van der Waals surface area contributed by atoms with Gasteiger partial charge >= 0.3 is 11.9 Å². The molecule has 12 nitrogen and oxygen atoms in total. The van der Waals surface area contributed by atoms with Gasteiger partial charge in [0, 0.05) is 6.20 Å². The normalized spacial score (nSPS) is 16.0. The Labute approximate surface area is 256 Å². The van der Waals surface area contributed by atoms with E-state index in [1.54, 1.807) is 36.6 Å². The Bertz CT molecular complexity index is 1850. The van der Waals surface area contributed by atoms with Gasteiger partial charge in [0.25, 0.3) is 5.78 Å². The molecule has 1 aliphatic rings. The maximum absolute atomic E-state index is 13.8. The smallest absolute Gasteiger partial charge is 0.350 e. The Balaban J connectivity index is 1.78. The number of fused-ring (bicyclic) bond motifs is 1. The molecule has 44 heavy (non-hydrogen) atoms. The third kappa shape index (κ3) is 4.84. The SMILES string of the molecule is C=CCOC(=O)c1sc(N2C(=O)C(=O)/C(=C(/O)c3nc4c(C)cccn4c3C)C2c2cc(OC)c(OC)c(OC)c2)nc1C. The third-order valence-corrected chi connectivity index (χ3v) is 8.40. The van der Waals surface area contributed by atoms with Crippen molar-refractivity contribution >= 4 is 45.5 Å². The standard InChI is InChI=1S/C31H30N4O8S/c1-8-12-43-30(39)27-16(3)32-31(44-27)35-23(18-13-19(40-5)26(42-7)20(14-18)41-6)21(25(37)29(35)38)24(36)22-17(4)34-11-9-10-15(2)28(34)33-22/h8-11,13-14,23,36H,1,12H2,2-7H3/b24-21+. The van der Waals surface area contributed by atoms with Crippen molar-refractivity contribution in [3.8, 4) is 17.2 Å². The first-order valence-corrected chi connectivity index (χ1v) is 14.2. The van der Waals surface area contributed by atoms with Crippen molar-refractivity contribution in [3.05, 3.63) is 81.8 Å². The molecule has 0 bridgehead atoms. The first-order chi connectivity index (χ1) is 21.1. The third-order valence-electron chi connectivity index (χ3n) is 7.26. The molecule has 4 heterocycles. The van der Waals surface area contributed by atoms with Gasteiger partial charge in [0.15, 0.2) is 22.4 Å². The summed E-state index contributed by atoms with van der Waals surface area (Å²) in [6.07, 6.45) is 3.23. The Morgan fingerprint density at radius 1 is 1.09 bits per heavy atom. The second-order valence-corrected chi connectivity index (χ2v) is 10.8. The maximum Gasteiger partial charge on any atom is 0.350 e. The van der Waals surface area contributed by atoms with E-state index in [0.717, 1.165) is 21.8 Å². The van der Waals surface area contributed by atoms with E-state index in [2.05, 4.69) is 16.5 Å². The minimum atomic E-state index is -1.21. The van der Waals surface area contributed by atoms with E-state index in [1.165, 1.54) is 27.4 Å². The first-order valence-electron chi connectivity index (χ1n) is 13.4. The van der Waals surface area contributed by atoms with Crippen LogP contribution in [0.2, 0.25) is 0 Å². The number of aliphatic hydroxyl groups is 1. The van der Waals surface area contributed by atoms with Crippen molar-refractivity contribution in [2.45, 2.75) is 26.8 Å². The number of ether oxygens (including phenoxy) is 4. The number of benzene rings is 1. The Morgan fingerprint density at radius 2 is 1.77 bits per heavy atom. The van der Waals surface area contributed by atoms with E-state index >= 15 is 0 Å². The minimum Gasteiger partial charge on any atom is -0.505 e. The van der Waals surface area contributed by atoms with Gasteiger partial charge < -0.3 is 28.5 Å². The highest BCUT2D eigenvalue weighted by Gasteiger charge is 2.49. The summed E-state index contributed by atoms with van der Waals surface area (Å²) in [5, 5.41) is 11.8. The highest BCUT2D eigenvalue weighted by atomic mass is 32.1. The number of thiazole rings is 1. The number of esters is 1. The number of aliphatic hydroxyl groups excluding tert-OH is 1. The molecule has 1 saturated heterocycles. The molecule has 1 unspecified atom stereocenters. The number of aryl methyl sites for hydroxylation is 3. The molecule has 1 aromatic carbocycles. The minimum absolute atomic E-state index is 0.0146. The lowest BCUT2D eigenvalue weighted by Crippen LogP contribution is -2.29. The molecule has 0 saturated carbocycles. The van der Waals surface area contributed by atoms with Crippen LogP contribution in [0.4, 0.5) is 5.13 Å². The van der Waals surface area contributed by atoms with Crippen LogP contribution < -0.4 is 19.1 Å². The van der Waals surface area contributed by atoms with Crippen molar-refractivity contribution in [3.63, 3.8) is 0 Å². The largest absolute Gasteiger partial charge is 0.505 e. The fraction of sp³-hybridized carbons (Fsp3) is 0.258. The van der Waals surface area contributed by atoms with Gasteiger partial charge in [-0.1, -0.05) is 30.1 Å². The van der Waals surface area contributed by atoms with Crippen LogP contribution >= 0.6 is 11.3 Å². The predicted octanol–water partition coefficient (Wildman–Crippen LogP) is 4.71. The molecule has 5 rings (SSSR count). The van der Waals surface area contributed by atoms with E-state index in [1.807, 2.05) is 19.1 Å². The summed E-state index contributed by atoms with van der Waals surface area (Å²) >= 11 is 0.887. The number of nitrogens with zero attached hydrogens (tertiary/aromatic N) is 4. The lowest BCUT2D eigenvalue weighted by atomic mass is 9.95. The van der Waals surface area contributed by atoms with Crippen molar-refractivity contribution in [1.29, 1.82) is 0 Å². The second-order valence-electron chi connectivity index (χ2n) is 9.86. The zero-order chi connectivity index (χ0) is 31.9. The maximum atomic E-state index is 13.8. The van der Waals surface area contributed by atoms with Crippen molar-refractivity contribution in [1.82, 2.24) is 14.4 Å². The number of anilines is 1. The Kier molecular flexibility index (Phi) is 8.15. The molecule has 0 spiro atoms. The van der Waals surface area contributed by atoms with E-state index in [9.17, 15) is 19.5 Å². The summed E-state index contributed by atoms with van der Waals surface area (Å²) in [6, 6.07) is 5.68. The summed E-state index contributed by atoms with van der Waals surface area (Å²) in [7, 11) is 4.32. The van der Waals surface area contributed by atoms with Crippen LogP contribution in [0.1, 0.15) is 43.9 Å². The molecule has 0 radical (unpaired) electrons. The number of aromatic nitrogens is 3. The molecule has 1 amide bonds. The van der Waals surface area contributed by atoms with E-state index in [4.69, 9.17) is 18.9 Å². The number of imidazole rings is 1. The van der Waals surface area contributed by atoms with Crippen LogP contribution in [0.3, 0.4) is 0 Å². The topological polar surface area (TPSA) is 142 Å². The number of hydrogen-bond acceptors (Lipinski definition) is 11. The van der Waals surface area contributed by atoms with Crippen molar-refractivity contribution < 1.29 is 38.4 Å². The number of hydrogen-bond donors (Lipinski definition) is 1. The molecule has 1 atom stereocenters. The van der Waals surface area contributed by atoms with Crippen LogP contribution in [0.5, 0.6) is 17.2 Å². The predicted molar refractivity (Wildman–Crippen MR) is 163 cm³/mol. The highest BCUT2D eigenvalue weighted by Crippen LogP contribution is 2.48. The average Bonchev–Trinajstić information content (AvgIpc) is 3.66. The quantitative estimate of drug-likeness (QED) is 0.0921. The number of amides is 1. The van der Waals surface area contributed by atoms with Gasteiger partial charge in [0.2, 0.25) is 5.75 Å². The second kappa shape index (κ2) is 11.8. The van der Waals surface area contributed by atoms with Crippen LogP contribution in [0.15, 0.2) is 48.7 Å². The number of methoxy groups -OCH3 is 3. The lowest BCUT2D eigenvalue weighted by Gasteiger charge is -2.24. The summed E-state index contributed by atoms with van der Waals surface area (Å²) in [5.41, 5.74) is 2.57. The number of carbonyl (C=O) groups excluding carboxylic acids is 3. The van der Waals surface area contributed by atoms with Gasteiger partial charge in [0.05, 0.1) is 44.3 Å². The van der Waals surface area contributed by atoms with Gasteiger partial charge in [-0.25, -0.2) is 14.8 Å². The molecule has 4 aromatic rings. The summed E-state index contributed by atoms with van der Waals surface area (Å²) in [5.74, 6) is -2.22. The monoisotopic (exact) mass is 618 g/mol. The highest BCUT2D eigenvalue weighted by molar-refractivity contribution is 7.17. The summed E-state index contributed by atoms with van der Waals surface area (Å²) in [6.45, 7) is 8.76. The number of pyridine rings is 1. The van der Waals surface area contributed by atoms with Crippen LogP contribution in [0.25, 0.3) is 11.4 Å². The molecular formula is C31H30N4O8S. The van der Waals surface area contributed by atoms with Crippen molar-refractivity contribution in [2.24, 2.45) is 0 Å². The molecule has 13 heteroatoms. The number of Topliss-reactive ketones (excluding diaryl/α,β-unsaturated/α-hetero) is 1. The van der Waals surface area contributed by atoms with E-state index < -0.39 is 29.5 Å². The van der Waals surface area contributed by atoms with Gasteiger partial charge in [0.1, 0.15) is 22.8 Å². The fourth-order valence-corrected chi connectivity index (χ4v) is 6.14. The van der Waals surface area contributed by atoms with Gasteiger partial charge in [-0.3, -0.25) is 14.5 Å². The zero-order valence-electron chi connectivity index (χ0n) is 25.0. The fourth-order valence-electron chi connectivity index (χ4n) is 5.15. The lowest BCUT2D eigenvalue weighted by molar-refractivity contribution is -0.132. The summed E-state index contributed by atoms with van der Waals surface area (Å²) in [4.78, 5) is 50.7. The molecule has 1 fully saturated rings. The van der Waals surface area contributed by atoms with Gasteiger partial charge in [-0.2, -0.15) is 0 Å². The number of carbonyl (C=O) groups is 3. The zero-order valence-corrected chi connectivity index (χ0v) is 25.8. The molecular weight excluding hydrogens is 588 g/mol. The van der Waals surface area contributed by atoms with Gasteiger partial charge in [-0.05, 0) is 50.1 Å². The number of rotatable bonds is 9. The van der Waals surface area contributed by atoms with Gasteiger partial charge in [-0.15, -0.1) is 0 Å².